The van der Waals surface area contributed by atoms with Crippen LogP contribution >= 0.6 is 24.4 Å². The highest BCUT2D eigenvalue weighted by atomic mass is 32.1. The van der Waals surface area contributed by atoms with Crippen molar-refractivity contribution in [2.24, 2.45) is 0 Å². The van der Waals surface area contributed by atoms with Crippen LogP contribution in [0.15, 0.2) is 84.9 Å². The van der Waals surface area contributed by atoms with Gasteiger partial charge in [-0.1, -0.05) is 42.5 Å². The molecule has 0 unspecified atom stereocenters. The molecule has 6 nitrogen and oxygen atoms in total. The third kappa shape index (κ3) is 6.20. The number of amides is 2. The normalized spacial score (nSPS) is 9.87. The van der Waals surface area contributed by atoms with Crippen molar-refractivity contribution in [2.45, 2.75) is 0 Å². The summed E-state index contributed by atoms with van der Waals surface area (Å²) in [6.07, 6.45) is 0. The second-order valence-corrected chi connectivity index (χ2v) is 6.95. The fourth-order valence-electron chi connectivity index (χ4n) is 2.53. The Bertz CT molecular complexity index is 990. The molecule has 0 aliphatic heterocycles. The van der Waals surface area contributed by atoms with E-state index in [2.05, 4.69) is 21.3 Å². The monoisotopic (exact) mass is 434 g/mol. The third-order valence-electron chi connectivity index (χ3n) is 3.90. The van der Waals surface area contributed by atoms with E-state index in [4.69, 9.17) is 24.4 Å². The second-order valence-electron chi connectivity index (χ2n) is 6.13. The molecule has 4 N–H and O–H groups in total. The van der Waals surface area contributed by atoms with E-state index in [-0.39, 0.29) is 22.0 Å². The highest BCUT2D eigenvalue weighted by Gasteiger charge is 2.09. The predicted octanol–water partition coefficient (Wildman–Crippen LogP) is 3.94. The van der Waals surface area contributed by atoms with E-state index in [1.165, 1.54) is 0 Å². The number of carbonyl (C=O) groups is 2. The lowest BCUT2D eigenvalue weighted by molar-refractivity contribution is 0.0969. The molecule has 3 aromatic rings. The molecule has 0 atom stereocenters. The lowest BCUT2D eigenvalue weighted by atomic mass is 10.2. The number of hydrogen-bond acceptors (Lipinski definition) is 4. The Balaban J connectivity index is 1.55. The Morgan fingerprint density at radius 3 is 1.37 bits per heavy atom. The Morgan fingerprint density at radius 1 is 0.567 bits per heavy atom. The molecule has 0 aliphatic carbocycles. The van der Waals surface area contributed by atoms with Crippen LogP contribution in [0, 0.1) is 0 Å². The third-order valence-corrected chi connectivity index (χ3v) is 4.31. The molecule has 0 aromatic heterocycles. The first-order valence-electron chi connectivity index (χ1n) is 8.96. The molecule has 3 rings (SSSR count). The topological polar surface area (TPSA) is 82.3 Å². The minimum atomic E-state index is -0.299. The lowest BCUT2D eigenvalue weighted by Gasteiger charge is -2.13. The van der Waals surface area contributed by atoms with Gasteiger partial charge >= 0.3 is 0 Å². The maximum Gasteiger partial charge on any atom is 0.257 e. The molecule has 150 valence electrons. The van der Waals surface area contributed by atoms with E-state index in [0.717, 1.165) is 0 Å². The average Bonchev–Trinajstić information content (AvgIpc) is 2.75. The highest BCUT2D eigenvalue weighted by molar-refractivity contribution is 7.80. The van der Waals surface area contributed by atoms with E-state index in [0.29, 0.717) is 22.5 Å². The molecule has 0 heterocycles. The first-order valence-corrected chi connectivity index (χ1v) is 9.78. The molecule has 0 radical (unpaired) electrons. The summed E-state index contributed by atoms with van der Waals surface area (Å²) >= 11 is 10.4. The molecule has 30 heavy (non-hydrogen) atoms. The quantitative estimate of drug-likeness (QED) is 0.466. The van der Waals surface area contributed by atoms with E-state index in [1.54, 1.807) is 72.8 Å². The largest absolute Gasteiger partial charge is 0.332 e. The van der Waals surface area contributed by atoms with Gasteiger partial charge < -0.3 is 10.6 Å². The summed E-state index contributed by atoms with van der Waals surface area (Å²) in [5.74, 6) is -0.598. The van der Waals surface area contributed by atoms with Gasteiger partial charge in [0.15, 0.2) is 10.2 Å². The standard InChI is InChI=1S/C22H18N4O2S2/c27-19(15-8-3-1-4-9-15)25-21(29)23-17-12-7-13-18(14-17)24-22(30)26-20(28)16-10-5-2-6-11-16/h1-14H,(H2,23,25,27,29)(H2,24,26,28,30). The Kier molecular flexibility index (Phi) is 7.20. The molecule has 0 fully saturated rings. The molecule has 3 aromatic carbocycles. The SMILES string of the molecule is O=C(NC(=S)Nc1cccc(NC(=S)NC(=O)c2ccccc2)c1)c1ccccc1. The number of hydrogen-bond donors (Lipinski definition) is 4. The van der Waals surface area contributed by atoms with Gasteiger partial charge in [-0.25, -0.2) is 0 Å². The molecule has 0 saturated heterocycles. The van der Waals surface area contributed by atoms with Gasteiger partial charge in [0.05, 0.1) is 0 Å². The summed E-state index contributed by atoms with van der Waals surface area (Å²) in [6.45, 7) is 0. The van der Waals surface area contributed by atoms with Crippen LogP contribution < -0.4 is 21.3 Å². The van der Waals surface area contributed by atoms with Gasteiger partial charge in [0.25, 0.3) is 11.8 Å². The van der Waals surface area contributed by atoms with Crippen molar-refractivity contribution in [1.82, 2.24) is 10.6 Å². The Morgan fingerprint density at radius 2 is 0.967 bits per heavy atom. The van der Waals surface area contributed by atoms with Gasteiger partial charge in [0, 0.05) is 22.5 Å². The van der Waals surface area contributed by atoms with Crippen LogP contribution in [0.4, 0.5) is 11.4 Å². The molecule has 2 amide bonds. The van der Waals surface area contributed by atoms with Crippen molar-refractivity contribution in [1.29, 1.82) is 0 Å². The number of nitrogens with one attached hydrogen (secondary N) is 4. The van der Waals surface area contributed by atoms with Crippen molar-refractivity contribution in [2.75, 3.05) is 10.6 Å². The maximum absolute atomic E-state index is 12.2. The van der Waals surface area contributed by atoms with Gasteiger partial charge in [0.2, 0.25) is 0 Å². The molecular formula is C22H18N4O2S2. The van der Waals surface area contributed by atoms with Crippen LogP contribution in [-0.2, 0) is 0 Å². The van der Waals surface area contributed by atoms with Crippen LogP contribution in [-0.4, -0.2) is 22.0 Å². The van der Waals surface area contributed by atoms with Gasteiger partial charge in [-0.15, -0.1) is 0 Å². The summed E-state index contributed by atoms with van der Waals surface area (Å²) in [5, 5.41) is 11.5. The van der Waals surface area contributed by atoms with Crippen molar-refractivity contribution < 1.29 is 9.59 Å². The minimum Gasteiger partial charge on any atom is -0.332 e. The first kappa shape index (κ1) is 21.1. The molecule has 0 saturated carbocycles. The van der Waals surface area contributed by atoms with E-state index in [9.17, 15) is 9.59 Å². The van der Waals surface area contributed by atoms with Crippen LogP contribution in [0.1, 0.15) is 20.7 Å². The van der Waals surface area contributed by atoms with Gasteiger partial charge in [-0.2, -0.15) is 0 Å². The number of benzene rings is 3. The number of rotatable bonds is 4. The molecule has 0 spiro atoms. The Hall–Kier alpha value is -3.62. The fraction of sp³-hybridized carbons (Fsp3) is 0. The minimum absolute atomic E-state index is 0.168. The van der Waals surface area contributed by atoms with E-state index >= 15 is 0 Å². The van der Waals surface area contributed by atoms with Gasteiger partial charge in [-0.3, -0.25) is 20.2 Å². The van der Waals surface area contributed by atoms with Crippen molar-refractivity contribution >= 4 is 57.8 Å². The second kappa shape index (κ2) is 10.2. The van der Waals surface area contributed by atoms with Crippen molar-refractivity contribution in [3.8, 4) is 0 Å². The highest BCUT2D eigenvalue weighted by Crippen LogP contribution is 2.15. The Labute approximate surface area is 184 Å². The van der Waals surface area contributed by atoms with E-state index < -0.39 is 0 Å². The van der Waals surface area contributed by atoms with Crippen molar-refractivity contribution in [3.63, 3.8) is 0 Å². The predicted molar refractivity (Wildman–Crippen MR) is 127 cm³/mol. The van der Waals surface area contributed by atoms with Crippen LogP contribution in [0.2, 0.25) is 0 Å². The zero-order chi connectivity index (χ0) is 21.3. The molecule has 0 bridgehead atoms. The van der Waals surface area contributed by atoms with Gasteiger partial charge in [-0.05, 0) is 66.9 Å². The first-order chi connectivity index (χ1) is 14.5. The van der Waals surface area contributed by atoms with Crippen LogP contribution in [0.25, 0.3) is 0 Å². The maximum atomic E-state index is 12.2. The number of thiocarbonyl (C=S) groups is 2. The fourth-order valence-corrected chi connectivity index (χ4v) is 2.95. The zero-order valence-electron chi connectivity index (χ0n) is 15.7. The number of carbonyl (C=O) groups excluding carboxylic acids is 2. The average molecular weight is 435 g/mol. The summed E-state index contributed by atoms with van der Waals surface area (Å²) < 4.78 is 0. The summed E-state index contributed by atoms with van der Waals surface area (Å²) in [7, 11) is 0. The summed E-state index contributed by atoms with van der Waals surface area (Å²) in [4.78, 5) is 24.3. The van der Waals surface area contributed by atoms with Crippen molar-refractivity contribution in [3.05, 3.63) is 96.1 Å². The number of anilines is 2. The summed E-state index contributed by atoms with van der Waals surface area (Å²) in [6, 6.07) is 24.7. The van der Waals surface area contributed by atoms with Crippen LogP contribution in [0.3, 0.4) is 0 Å². The molecular weight excluding hydrogens is 416 g/mol. The lowest BCUT2D eigenvalue weighted by Crippen LogP contribution is -2.34. The zero-order valence-corrected chi connectivity index (χ0v) is 17.3. The smallest absolute Gasteiger partial charge is 0.257 e. The molecule has 8 heteroatoms. The van der Waals surface area contributed by atoms with E-state index in [1.807, 2.05) is 12.1 Å². The van der Waals surface area contributed by atoms with Gasteiger partial charge in [0.1, 0.15) is 0 Å². The molecule has 0 aliphatic rings. The summed E-state index contributed by atoms with van der Waals surface area (Å²) in [5.41, 5.74) is 2.32. The van der Waals surface area contributed by atoms with Crippen LogP contribution in [0.5, 0.6) is 0 Å².